The predicted octanol–water partition coefficient (Wildman–Crippen LogP) is 4.89. The Kier molecular flexibility index (Phi) is 5.07. The second-order valence-electron chi connectivity index (χ2n) is 5.80. The molecule has 0 unspecified atom stereocenters. The lowest BCUT2D eigenvalue weighted by molar-refractivity contribution is 0.101. The molecule has 5 nitrogen and oxygen atoms in total. The fraction of sp³-hybridized carbons (Fsp3) is 0.105. The van der Waals surface area contributed by atoms with Crippen molar-refractivity contribution in [2.75, 3.05) is 10.6 Å². The van der Waals surface area contributed by atoms with Crippen molar-refractivity contribution in [2.45, 2.75) is 13.8 Å². The third kappa shape index (κ3) is 4.22. The molecule has 27 heavy (non-hydrogen) atoms. The van der Waals surface area contributed by atoms with Crippen LogP contribution in [0.2, 0.25) is 0 Å². The molecule has 0 aliphatic carbocycles. The number of nitrogens with zero attached hydrogens (tertiary/aromatic N) is 2. The highest BCUT2D eigenvalue weighted by Gasteiger charge is 2.14. The minimum Gasteiger partial charge on any atom is -0.340 e. The summed E-state index contributed by atoms with van der Waals surface area (Å²) in [5.41, 5.74) is 0.912. The summed E-state index contributed by atoms with van der Waals surface area (Å²) in [5, 5.41) is 5.64. The summed E-state index contributed by atoms with van der Waals surface area (Å²) in [6.07, 6.45) is 0. The molecule has 0 aliphatic heterocycles. The molecule has 0 radical (unpaired) electrons. The fourth-order valence-electron chi connectivity index (χ4n) is 2.42. The summed E-state index contributed by atoms with van der Waals surface area (Å²) in [4.78, 5) is 19.8. The number of nitrogens with one attached hydrogen (secondary N) is 2. The molecule has 0 fully saturated rings. The van der Waals surface area contributed by atoms with Gasteiger partial charge in [0, 0.05) is 17.3 Å². The maximum absolute atomic E-state index is 13.8. The molecule has 0 atom stereocenters. The molecule has 3 aromatic rings. The van der Waals surface area contributed by atoms with E-state index in [0.717, 1.165) is 12.1 Å². The molecule has 1 heterocycles. The van der Waals surface area contributed by atoms with Crippen LogP contribution in [0.15, 0.2) is 42.5 Å². The van der Waals surface area contributed by atoms with Crippen LogP contribution in [0.1, 0.15) is 23.1 Å². The first kappa shape index (κ1) is 18.4. The summed E-state index contributed by atoms with van der Waals surface area (Å²) in [6, 6.07) is 10.2. The quantitative estimate of drug-likeness (QED) is 0.493. The van der Waals surface area contributed by atoms with E-state index in [4.69, 9.17) is 0 Å². The van der Waals surface area contributed by atoms with Crippen molar-refractivity contribution in [3.8, 4) is 0 Å². The van der Waals surface area contributed by atoms with Crippen LogP contribution in [0.25, 0.3) is 0 Å². The van der Waals surface area contributed by atoms with E-state index in [1.165, 1.54) is 13.0 Å². The molecule has 0 amide bonds. The minimum atomic E-state index is -1.56. The zero-order valence-corrected chi connectivity index (χ0v) is 14.5. The average molecular weight is 372 g/mol. The molecule has 0 spiro atoms. The zero-order chi connectivity index (χ0) is 19.6. The molecule has 1 aromatic heterocycles. The van der Waals surface area contributed by atoms with Gasteiger partial charge >= 0.3 is 0 Å². The second kappa shape index (κ2) is 7.45. The van der Waals surface area contributed by atoms with Crippen LogP contribution in [-0.2, 0) is 0 Å². The van der Waals surface area contributed by atoms with E-state index >= 15 is 0 Å². The van der Waals surface area contributed by atoms with Gasteiger partial charge in [-0.15, -0.1) is 0 Å². The Morgan fingerprint density at radius 1 is 0.926 bits per heavy atom. The summed E-state index contributed by atoms with van der Waals surface area (Å²) in [5.74, 6) is -3.31. The van der Waals surface area contributed by atoms with E-state index < -0.39 is 17.5 Å². The smallest absolute Gasteiger partial charge is 0.196 e. The maximum atomic E-state index is 13.8. The topological polar surface area (TPSA) is 66.9 Å². The van der Waals surface area contributed by atoms with Crippen LogP contribution in [0.5, 0.6) is 0 Å². The van der Waals surface area contributed by atoms with Crippen molar-refractivity contribution >= 4 is 28.8 Å². The zero-order valence-electron chi connectivity index (χ0n) is 14.5. The van der Waals surface area contributed by atoms with Gasteiger partial charge in [0.05, 0.1) is 5.69 Å². The van der Waals surface area contributed by atoms with Crippen LogP contribution in [-0.4, -0.2) is 15.8 Å². The van der Waals surface area contributed by atoms with Crippen molar-refractivity contribution in [2.24, 2.45) is 0 Å². The highest BCUT2D eigenvalue weighted by Crippen LogP contribution is 2.25. The molecule has 0 saturated heterocycles. The number of halogens is 3. The van der Waals surface area contributed by atoms with Gasteiger partial charge in [0.2, 0.25) is 0 Å². The van der Waals surface area contributed by atoms with Crippen molar-refractivity contribution in [3.05, 3.63) is 71.3 Å². The van der Waals surface area contributed by atoms with E-state index in [9.17, 15) is 18.0 Å². The van der Waals surface area contributed by atoms with Gasteiger partial charge in [-0.2, -0.15) is 0 Å². The summed E-state index contributed by atoms with van der Waals surface area (Å²) in [6.45, 7) is 3.09. The molecule has 0 bridgehead atoms. The fourth-order valence-corrected chi connectivity index (χ4v) is 2.42. The summed E-state index contributed by atoms with van der Waals surface area (Å²) >= 11 is 0. The number of Topliss-reactive ketones (excluding diaryl/α,β-unsaturated/α-hetero) is 1. The third-order valence-electron chi connectivity index (χ3n) is 3.68. The monoisotopic (exact) mass is 372 g/mol. The van der Waals surface area contributed by atoms with Crippen molar-refractivity contribution in [1.82, 2.24) is 9.97 Å². The summed E-state index contributed by atoms with van der Waals surface area (Å²) < 4.78 is 40.3. The number of ketones is 1. The van der Waals surface area contributed by atoms with Crippen LogP contribution in [0, 0.1) is 24.4 Å². The lowest BCUT2D eigenvalue weighted by Crippen LogP contribution is -2.04. The number of rotatable bonds is 5. The largest absolute Gasteiger partial charge is 0.340 e. The number of aromatic nitrogens is 2. The van der Waals surface area contributed by atoms with Crippen LogP contribution in [0.4, 0.5) is 36.2 Å². The van der Waals surface area contributed by atoms with Gasteiger partial charge in [-0.1, -0.05) is 12.1 Å². The first-order valence-electron chi connectivity index (χ1n) is 7.97. The van der Waals surface area contributed by atoms with Gasteiger partial charge < -0.3 is 10.6 Å². The average Bonchev–Trinajstić information content (AvgIpc) is 2.62. The maximum Gasteiger partial charge on any atom is 0.196 e. The number of carbonyl (C=O) groups excluding carboxylic acids is 1. The SMILES string of the molecule is CC(=O)c1cccc(Nc2cc(Nc3ccc(F)c(F)c3F)nc(C)n2)c1. The normalized spacial score (nSPS) is 10.6. The highest BCUT2D eigenvalue weighted by molar-refractivity contribution is 5.95. The first-order chi connectivity index (χ1) is 12.8. The number of hydrogen-bond donors (Lipinski definition) is 2. The lowest BCUT2D eigenvalue weighted by Gasteiger charge is -2.11. The first-order valence-corrected chi connectivity index (χ1v) is 7.97. The molecule has 2 aromatic carbocycles. The Balaban J connectivity index is 1.88. The number of aryl methyl sites for hydroxylation is 1. The number of benzene rings is 2. The van der Waals surface area contributed by atoms with Crippen LogP contribution < -0.4 is 10.6 Å². The molecular weight excluding hydrogens is 357 g/mol. The number of anilines is 4. The van der Waals surface area contributed by atoms with E-state index in [0.29, 0.717) is 22.9 Å². The molecule has 8 heteroatoms. The van der Waals surface area contributed by atoms with Crippen molar-refractivity contribution in [1.29, 1.82) is 0 Å². The van der Waals surface area contributed by atoms with Crippen LogP contribution >= 0.6 is 0 Å². The molecule has 3 rings (SSSR count). The van der Waals surface area contributed by atoms with E-state index in [1.54, 1.807) is 31.2 Å². The minimum absolute atomic E-state index is 0.0753. The van der Waals surface area contributed by atoms with E-state index in [2.05, 4.69) is 20.6 Å². The predicted molar refractivity (Wildman–Crippen MR) is 96.1 cm³/mol. The Labute approximate surface area is 153 Å². The van der Waals surface area contributed by atoms with Gasteiger partial charge in [0.15, 0.2) is 23.2 Å². The van der Waals surface area contributed by atoms with E-state index in [1.807, 2.05) is 0 Å². The Morgan fingerprint density at radius 2 is 1.63 bits per heavy atom. The van der Waals surface area contributed by atoms with Crippen molar-refractivity contribution < 1.29 is 18.0 Å². The standard InChI is InChI=1S/C19H15F3N4O/c1-10(27)12-4-3-5-13(8-12)25-16-9-17(24-11(2)23-16)26-15-7-6-14(20)18(21)19(15)22/h3-9H,1-2H3,(H2,23,24,25,26). The third-order valence-corrected chi connectivity index (χ3v) is 3.68. The van der Waals surface area contributed by atoms with E-state index in [-0.39, 0.29) is 17.3 Å². The Hall–Kier alpha value is -3.42. The molecule has 0 aliphatic rings. The summed E-state index contributed by atoms with van der Waals surface area (Å²) in [7, 11) is 0. The van der Waals surface area contributed by atoms with Gasteiger partial charge in [0.1, 0.15) is 17.5 Å². The molecule has 2 N–H and O–H groups in total. The Morgan fingerprint density at radius 3 is 2.33 bits per heavy atom. The second-order valence-corrected chi connectivity index (χ2v) is 5.80. The molecule has 138 valence electrons. The van der Waals surface area contributed by atoms with Crippen molar-refractivity contribution in [3.63, 3.8) is 0 Å². The van der Waals surface area contributed by atoms with Crippen LogP contribution in [0.3, 0.4) is 0 Å². The lowest BCUT2D eigenvalue weighted by atomic mass is 10.1. The van der Waals surface area contributed by atoms with Gasteiger partial charge in [-0.05, 0) is 38.1 Å². The Bertz CT molecular complexity index is 1020. The number of carbonyl (C=O) groups is 1. The highest BCUT2D eigenvalue weighted by atomic mass is 19.2. The molecule has 0 saturated carbocycles. The van der Waals surface area contributed by atoms with Gasteiger partial charge in [-0.25, -0.2) is 23.1 Å². The van der Waals surface area contributed by atoms with Gasteiger partial charge in [0.25, 0.3) is 0 Å². The molecular formula is C19H15F3N4O. The number of hydrogen-bond acceptors (Lipinski definition) is 5. The van der Waals surface area contributed by atoms with Gasteiger partial charge in [-0.3, -0.25) is 4.79 Å².